The number of carbonyl (C=O) groups excluding carboxylic acids is 3. The lowest BCUT2D eigenvalue weighted by molar-refractivity contribution is -0.125. The summed E-state index contributed by atoms with van der Waals surface area (Å²) >= 11 is 1.37. The molecule has 222 valence electrons. The molecule has 3 amide bonds. The highest BCUT2D eigenvalue weighted by Crippen LogP contribution is 2.28. The third kappa shape index (κ3) is 7.27. The first-order chi connectivity index (χ1) is 19.9. The first-order valence-corrected chi connectivity index (χ1v) is 15.5. The van der Waals surface area contributed by atoms with E-state index >= 15 is 0 Å². The zero-order chi connectivity index (χ0) is 28.8. The van der Waals surface area contributed by atoms with E-state index in [0.717, 1.165) is 38.8 Å². The van der Waals surface area contributed by atoms with Crippen molar-refractivity contribution in [2.75, 3.05) is 53.0 Å². The van der Waals surface area contributed by atoms with Crippen molar-refractivity contribution in [3.8, 4) is 5.75 Å². The van der Waals surface area contributed by atoms with Gasteiger partial charge in [-0.3, -0.25) is 19.3 Å². The molecule has 2 saturated heterocycles. The van der Waals surface area contributed by atoms with Gasteiger partial charge in [-0.2, -0.15) is 0 Å². The van der Waals surface area contributed by atoms with Crippen LogP contribution in [0.2, 0.25) is 0 Å². The van der Waals surface area contributed by atoms with E-state index in [0.29, 0.717) is 55.5 Å². The Balaban J connectivity index is 1.37. The van der Waals surface area contributed by atoms with Crippen LogP contribution in [0, 0.1) is 0 Å². The number of benzene rings is 1. The minimum absolute atomic E-state index is 0.0541. The van der Waals surface area contributed by atoms with E-state index in [2.05, 4.69) is 10.2 Å². The van der Waals surface area contributed by atoms with Crippen LogP contribution in [0.1, 0.15) is 52.1 Å². The number of nitrogens with two attached hydrogens (primary N) is 1. The highest BCUT2D eigenvalue weighted by molar-refractivity contribution is 7.12. The van der Waals surface area contributed by atoms with E-state index in [9.17, 15) is 14.4 Å². The van der Waals surface area contributed by atoms with Gasteiger partial charge in [0.2, 0.25) is 5.91 Å². The summed E-state index contributed by atoms with van der Waals surface area (Å²) in [6, 6.07) is 10.0. The Bertz CT molecular complexity index is 1160. The fourth-order valence-electron chi connectivity index (χ4n) is 6.04. The second-order valence-corrected chi connectivity index (χ2v) is 12.1. The molecule has 1 aromatic heterocycles. The zero-order valence-electron chi connectivity index (χ0n) is 23.7. The molecule has 3 fully saturated rings. The monoisotopic (exact) mass is 583 g/mol. The number of nitrogens with one attached hydrogen (secondary N) is 1. The molecule has 3 N–H and O–H groups in total. The summed E-state index contributed by atoms with van der Waals surface area (Å²) in [5.41, 5.74) is 6.62. The molecule has 11 heteroatoms. The minimum Gasteiger partial charge on any atom is -0.497 e. The molecule has 2 atom stereocenters. The van der Waals surface area contributed by atoms with Crippen molar-refractivity contribution < 1.29 is 23.9 Å². The number of ether oxygens (including phenoxy) is 2. The maximum absolute atomic E-state index is 14.0. The van der Waals surface area contributed by atoms with Crippen molar-refractivity contribution in [2.45, 2.75) is 56.3 Å². The molecule has 1 aromatic carbocycles. The van der Waals surface area contributed by atoms with Crippen molar-refractivity contribution in [1.82, 2.24) is 20.0 Å². The highest BCUT2D eigenvalue weighted by atomic mass is 32.1. The Morgan fingerprint density at radius 1 is 1.10 bits per heavy atom. The average molecular weight is 584 g/mol. The molecule has 0 radical (unpaired) electrons. The lowest BCUT2D eigenvalue weighted by Gasteiger charge is -2.33. The van der Waals surface area contributed by atoms with Crippen molar-refractivity contribution in [2.24, 2.45) is 5.73 Å². The van der Waals surface area contributed by atoms with Crippen LogP contribution < -0.4 is 15.8 Å². The van der Waals surface area contributed by atoms with Gasteiger partial charge in [-0.25, -0.2) is 0 Å². The third-order valence-corrected chi connectivity index (χ3v) is 9.35. The number of morpholine rings is 1. The van der Waals surface area contributed by atoms with Crippen molar-refractivity contribution >= 4 is 29.1 Å². The Kier molecular flexibility index (Phi) is 9.92. The van der Waals surface area contributed by atoms with Gasteiger partial charge >= 0.3 is 0 Å². The lowest BCUT2D eigenvalue weighted by Crippen LogP contribution is -2.50. The van der Waals surface area contributed by atoms with Gasteiger partial charge in [-0.1, -0.05) is 6.07 Å². The van der Waals surface area contributed by atoms with E-state index in [1.54, 1.807) is 42.3 Å². The molecule has 1 aliphatic carbocycles. The predicted molar refractivity (Wildman–Crippen MR) is 157 cm³/mol. The molecule has 10 nitrogen and oxygen atoms in total. The number of carbonyl (C=O) groups is 3. The fourth-order valence-corrected chi connectivity index (χ4v) is 6.72. The van der Waals surface area contributed by atoms with Crippen molar-refractivity contribution in [3.05, 3.63) is 52.2 Å². The molecule has 41 heavy (non-hydrogen) atoms. The van der Waals surface area contributed by atoms with E-state index in [1.165, 1.54) is 11.3 Å². The van der Waals surface area contributed by atoms with E-state index < -0.39 is 6.04 Å². The summed E-state index contributed by atoms with van der Waals surface area (Å²) in [5.74, 6) is 0.244. The predicted octanol–water partition coefficient (Wildman–Crippen LogP) is 2.20. The number of rotatable bonds is 9. The van der Waals surface area contributed by atoms with Crippen LogP contribution in [0.4, 0.5) is 0 Å². The summed E-state index contributed by atoms with van der Waals surface area (Å²) in [7, 11) is 1.59. The van der Waals surface area contributed by atoms with Crippen LogP contribution in [0.3, 0.4) is 0 Å². The first-order valence-electron chi connectivity index (χ1n) is 14.6. The van der Waals surface area contributed by atoms with Gasteiger partial charge in [0.15, 0.2) is 0 Å². The summed E-state index contributed by atoms with van der Waals surface area (Å²) in [6.07, 6.45) is 3.82. The van der Waals surface area contributed by atoms with E-state index in [1.807, 2.05) is 16.3 Å². The number of hydrogen-bond acceptors (Lipinski definition) is 8. The molecule has 0 spiro atoms. The SMILES string of the molecule is COc1ccc(C(=O)N(CCN2CCOCC2)C2CC(C(=O)NC3CCC(N)CC3)N(C(=O)c3cccs3)C2)cc1. The largest absolute Gasteiger partial charge is 0.497 e. The van der Waals surface area contributed by atoms with Crippen LogP contribution in [-0.4, -0.2) is 110 Å². The molecular formula is C30H41N5O5S. The Hall–Kier alpha value is -2.99. The van der Waals surface area contributed by atoms with Crippen LogP contribution in [0.15, 0.2) is 41.8 Å². The average Bonchev–Trinajstić information content (AvgIpc) is 3.70. The lowest BCUT2D eigenvalue weighted by atomic mass is 9.91. The molecule has 2 aromatic rings. The molecule has 0 bridgehead atoms. The second kappa shape index (κ2) is 13.8. The van der Waals surface area contributed by atoms with Gasteiger partial charge in [0.05, 0.1) is 31.2 Å². The minimum atomic E-state index is -0.653. The number of nitrogens with zero attached hydrogens (tertiary/aromatic N) is 3. The summed E-state index contributed by atoms with van der Waals surface area (Å²) in [6.45, 7) is 4.46. The van der Waals surface area contributed by atoms with Gasteiger partial charge in [-0.15, -0.1) is 11.3 Å². The molecule has 1 saturated carbocycles. The topological polar surface area (TPSA) is 117 Å². The van der Waals surface area contributed by atoms with E-state index in [4.69, 9.17) is 15.2 Å². The van der Waals surface area contributed by atoms with E-state index in [-0.39, 0.29) is 35.8 Å². The van der Waals surface area contributed by atoms with Crippen LogP contribution in [-0.2, 0) is 9.53 Å². The van der Waals surface area contributed by atoms with Gasteiger partial charge in [-0.05, 0) is 67.8 Å². The molecule has 5 rings (SSSR count). The quantitative estimate of drug-likeness (QED) is 0.465. The van der Waals surface area contributed by atoms with Gasteiger partial charge in [0, 0.05) is 50.4 Å². The van der Waals surface area contributed by atoms with Gasteiger partial charge in [0.25, 0.3) is 11.8 Å². The Morgan fingerprint density at radius 2 is 1.83 bits per heavy atom. The molecule has 3 heterocycles. The molecule has 2 aliphatic heterocycles. The van der Waals surface area contributed by atoms with Crippen molar-refractivity contribution in [3.63, 3.8) is 0 Å². The molecule has 3 aliphatic rings. The van der Waals surface area contributed by atoms with Crippen LogP contribution >= 0.6 is 11.3 Å². The van der Waals surface area contributed by atoms with Crippen LogP contribution in [0.25, 0.3) is 0 Å². The first kappa shape index (κ1) is 29.5. The zero-order valence-corrected chi connectivity index (χ0v) is 24.5. The maximum Gasteiger partial charge on any atom is 0.264 e. The summed E-state index contributed by atoms with van der Waals surface area (Å²) in [5, 5.41) is 5.07. The Morgan fingerprint density at radius 3 is 2.49 bits per heavy atom. The maximum atomic E-state index is 14.0. The fraction of sp³-hybridized carbons (Fsp3) is 0.567. The summed E-state index contributed by atoms with van der Waals surface area (Å²) in [4.78, 5) is 47.7. The number of likely N-dealkylation sites (tertiary alicyclic amines) is 1. The normalized spacial score (nSPS) is 25.1. The van der Waals surface area contributed by atoms with Crippen molar-refractivity contribution in [1.29, 1.82) is 0 Å². The standard InChI is InChI=1S/C30H41N5O5S/c1-39-25-10-4-21(5-11-25)29(37)34(13-12-33-14-16-40-17-15-33)24-19-26(28(36)32-23-8-6-22(31)7-9-23)35(20-24)30(38)27-3-2-18-41-27/h2-5,10-11,18,22-24,26H,6-9,12-17,19-20,31H2,1H3,(H,32,36). The smallest absolute Gasteiger partial charge is 0.264 e. The molecular weight excluding hydrogens is 542 g/mol. The number of methoxy groups -OCH3 is 1. The number of thiophene rings is 1. The highest BCUT2D eigenvalue weighted by Gasteiger charge is 2.44. The van der Waals surface area contributed by atoms with Gasteiger partial charge < -0.3 is 30.3 Å². The Labute approximate surface area is 245 Å². The van der Waals surface area contributed by atoms with Gasteiger partial charge in [0.1, 0.15) is 11.8 Å². The number of amides is 3. The second-order valence-electron chi connectivity index (χ2n) is 11.1. The molecule has 2 unspecified atom stereocenters. The van der Waals surface area contributed by atoms with Crippen LogP contribution in [0.5, 0.6) is 5.75 Å². The third-order valence-electron chi connectivity index (χ3n) is 8.49. The summed E-state index contributed by atoms with van der Waals surface area (Å²) < 4.78 is 10.8. The number of hydrogen-bond donors (Lipinski definition) is 2.